The molecule has 21 heavy (non-hydrogen) atoms. The molecule has 112 valence electrons. The molecular formula is C15H15F3N2O. The summed E-state index contributed by atoms with van der Waals surface area (Å²) in [5, 5.41) is 3.08. The number of pyridine rings is 1. The number of alkyl halides is 3. The minimum Gasteiger partial charge on any atom is -0.406 e. The van der Waals surface area contributed by atoms with Crippen LogP contribution >= 0.6 is 0 Å². The van der Waals surface area contributed by atoms with Gasteiger partial charge in [0, 0.05) is 12.4 Å². The maximum atomic E-state index is 12.3. The predicted molar refractivity (Wildman–Crippen MR) is 73.0 cm³/mol. The molecule has 0 aliphatic heterocycles. The molecule has 1 unspecified atom stereocenters. The number of aryl methyl sites for hydroxylation is 1. The van der Waals surface area contributed by atoms with E-state index in [1.807, 2.05) is 13.0 Å². The molecule has 2 aromatic rings. The Morgan fingerprint density at radius 1 is 1.14 bits per heavy atom. The lowest BCUT2D eigenvalue weighted by molar-refractivity contribution is -0.274. The molecule has 0 spiro atoms. The normalized spacial score (nSPS) is 13.0. The second-order valence-electron chi connectivity index (χ2n) is 4.64. The van der Waals surface area contributed by atoms with Gasteiger partial charge in [-0.25, -0.2) is 0 Å². The van der Waals surface area contributed by atoms with Crippen molar-refractivity contribution in [1.29, 1.82) is 0 Å². The molecule has 0 aliphatic rings. The molecule has 0 radical (unpaired) electrons. The highest BCUT2D eigenvalue weighted by Gasteiger charge is 2.31. The summed E-state index contributed by atoms with van der Waals surface area (Å²) in [6.07, 6.45) is -1.29. The van der Waals surface area contributed by atoms with Gasteiger partial charge in [0.05, 0.1) is 6.04 Å². The molecule has 0 saturated carbocycles. The second kappa shape index (κ2) is 6.13. The fourth-order valence-electron chi connectivity index (χ4n) is 2.15. The number of rotatable bonds is 4. The Kier molecular flexibility index (Phi) is 4.47. The number of halogens is 3. The van der Waals surface area contributed by atoms with Crippen LogP contribution in [-0.2, 0) is 0 Å². The van der Waals surface area contributed by atoms with E-state index in [4.69, 9.17) is 0 Å². The first-order chi connectivity index (χ1) is 9.89. The van der Waals surface area contributed by atoms with Gasteiger partial charge in [-0.05, 0) is 42.8 Å². The number of hydrogen-bond donors (Lipinski definition) is 1. The maximum Gasteiger partial charge on any atom is 0.573 e. The Labute approximate surface area is 120 Å². The standard InChI is InChI=1S/C15H15F3N2O/c1-10-6-12(9-20-8-10)14(19-2)11-4-3-5-13(7-11)21-15(16,17)18/h3-9,14,19H,1-2H3. The van der Waals surface area contributed by atoms with E-state index in [0.717, 1.165) is 11.1 Å². The van der Waals surface area contributed by atoms with Crippen molar-refractivity contribution in [1.82, 2.24) is 10.3 Å². The molecule has 1 aromatic carbocycles. The van der Waals surface area contributed by atoms with Gasteiger partial charge in [-0.2, -0.15) is 0 Å². The second-order valence-corrected chi connectivity index (χ2v) is 4.64. The number of ether oxygens (including phenoxy) is 1. The minimum atomic E-state index is -4.70. The van der Waals surface area contributed by atoms with Crippen LogP contribution in [0.15, 0.2) is 42.7 Å². The van der Waals surface area contributed by atoms with Gasteiger partial charge in [0.15, 0.2) is 0 Å². The third kappa shape index (κ3) is 4.19. The molecule has 0 aliphatic carbocycles. The van der Waals surface area contributed by atoms with Gasteiger partial charge in [0.2, 0.25) is 0 Å². The highest BCUT2D eigenvalue weighted by atomic mass is 19.4. The van der Waals surface area contributed by atoms with Crippen LogP contribution in [0, 0.1) is 6.92 Å². The number of nitrogens with one attached hydrogen (secondary N) is 1. The first-order valence-corrected chi connectivity index (χ1v) is 6.33. The van der Waals surface area contributed by atoms with Crippen LogP contribution in [0.1, 0.15) is 22.7 Å². The van der Waals surface area contributed by atoms with Crippen LogP contribution in [0.2, 0.25) is 0 Å². The van der Waals surface area contributed by atoms with Gasteiger partial charge in [0.1, 0.15) is 5.75 Å². The van der Waals surface area contributed by atoms with Crippen LogP contribution < -0.4 is 10.1 Å². The van der Waals surface area contributed by atoms with Gasteiger partial charge < -0.3 is 10.1 Å². The van der Waals surface area contributed by atoms with E-state index < -0.39 is 6.36 Å². The van der Waals surface area contributed by atoms with Crippen molar-refractivity contribution >= 4 is 0 Å². The quantitative estimate of drug-likeness (QED) is 0.936. The van der Waals surface area contributed by atoms with Crippen LogP contribution in [0.3, 0.4) is 0 Å². The predicted octanol–water partition coefficient (Wildman–Crippen LogP) is 3.60. The zero-order chi connectivity index (χ0) is 15.5. The summed E-state index contributed by atoms with van der Waals surface area (Å²) in [5.74, 6) is -0.235. The van der Waals surface area contributed by atoms with Gasteiger partial charge in [-0.15, -0.1) is 13.2 Å². The Hall–Kier alpha value is -2.08. The average Bonchev–Trinajstić information content (AvgIpc) is 2.38. The van der Waals surface area contributed by atoms with E-state index in [1.54, 1.807) is 25.5 Å². The van der Waals surface area contributed by atoms with Gasteiger partial charge in [-0.1, -0.05) is 18.2 Å². The third-order valence-corrected chi connectivity index (χ3v) is 2.94. The van der Waals surface area contributed by atoms with Crippen LogP contribution in [0.4, 0.5) is 13.2 Å². The third-order valence-electron chi connectivity index (χ3n) is 2.94. The highest BCUT2D eigenvalue weighted by molar-refractivity contribution is 5.36. The molecule has 1 N–H and O–H groups in total. The highest BCUT2D eigenvalue weighted by Crippen LogP contribution is 2.28. The topological polar surface area (TPSA) is 34.2 Å². The van der Waals surface area contributed by atoms with Gasteiger partial charge in [-0.3, -0.25) is 4.98 Å². The molecule has 6 heteroatoms. The molecule has 2 rings (SSSR count). The van der Waals surface area contributed by atoms with Crippen molar-refractivity contribution in [2.45, 2.75) is 19.3 Å². The van der Waals surface area contributed by atoms with Gasteiger partial charge in [0.25, 0.3) is 0 Å². The minimum absolute atomic E-state index is 0.235. The van der Waals surface area contributed by atoms with Gasteiger partial charge >= 0.3 is 6.36 Å². The molecule has 0 amide bonds. The summed E-state index contributed by atoms with van der Waals surface area (Å²) in [6.45, 7) is 1.91. The first-order valence-electron chi connectivity index (χ1n) is 6.33. The molecule has 3 nitrogen and oxygen atoms in total. The number of hydrogen-bond acceptors (Lipinski definition) is 3. The van der Waals surface area contributed by atoms with Crippen molar-refractivity contribution in [3.8, 4) is 5.75 Å². The number of benzene rings is 1. The van der Waals surface area contributed by atoms with Crippen molar-refractivity contribution in [3.63, 3.8) is 0 Å². The van der Waals surface area contributed by atoms with E-state index >= 15 is 0 Å². The summed E-state index contributed by atoms with van der Waals surface area (Å²) in [4.78, 5) is 4.11. The van der Waals surface area contributed by atoms with E-state index in [1.165, 1.54) is 18.2 Å². The molecule has 0 saturated heterocycles. The van der Waals surface area contributed by atoms with Crippen LogP contribution in [0.25, 0.3) is 0 Å². The molecule has 0 fully saturated rings. The molecule has 1 atom stereocenters. The lowest BCUT2D eigenvalue weighted by atomic mass is 9.99. The Morgan fingerprint density at radius 2 is 1.90 bits per heavy atom. The summed E-state index contributed by atoms with van der Waals surface area (Å²) in [6, 6.07) is 7.60. The number of aromatic nitrogens is 1. The fraction of sp³-hybridized carbons (Fsp3) is 0.267. The Bertz CT molecular complexity index is 614. The summed E-state index contributed by atoms with van der Waals surface area (Å²) in [7, 11) is 1.74. The molecular weight excluding hydrogens is 281 g/mol. The van der Waals surface area contributed by atoms with Crippen LogP contribution in [-0.4, -0.2) is 18.4 Å². The van der Waals surface area contributed by atoms with E-state index in [9.17, 15) is 13.2 Å². The zero-order valence-corrected chi connectivity index (χ0v) is 11.6. The average molecular weight is 296 g/mol. The smallest absolute Gasteiger partial charge is 0.406 e. The van der Waals surface area contributed by atoms with Crippen molar-refractivity contribution < 1.29 is 17.9 Å². The molecule has 0 bridgehead atoms. The lowest BCUT2D eigenvalue weighted by Gasteiger charge is -2.18. The van der Waals surface area contributed by atoms with E-state index in [0.29, 0.717) is 5.56 Å². The van der Waals surface area contributed by atoms with E-state index in [2.05, 4.69) is 15.0 Å². The zero-order valence-electron chi connectivity index (χ0n) is 11.6. The number of nitrogens with zero attached hydrogens (tertiary/aromatic N) is 1. The SMILES string of the molecule is CNC(c1cncc(C)c1)c1cccc(OC(F)(F)F)c1. The Morgan fingerprint density at radius 3 is 2.52 bits per heavy atom. The Balaban J connectivity index is 2.32. The monoisotopic (exact) mass is 296 g/mol. The lowest BCUT2D eigenvalue weighted by Crippen LogP contribution is -2.19. The fourth-order valence-corrected chi connectivity index (χ4v) is 2.15. The van der Waals surface area contributed by atoms with Crippen molar-refractivity contribution in [2.75, 3.05) is 7.05 Å². The largest absolute Gasteiger partial charge is 0.573 e. The summed E-state index contributed by atoms with van der Waals surface area (Å²) in [5.41, 5.74) is 2.53. The maximum absolute atomic E-state index is 12.3. The van der Waals surface area contributed by atoms with Crippen LogP contribution in [0.5, 0.6) is 5.75 Å². The summed E-state index contributed by atoms with van der Waals surface area (Å²) >= 11 is 0. The first kappa shape index (κ1) is 15.3. The molecule has 1 heterocycles. The van der Waals surface area contributed by atoms with Crippen molar-refractivity contribution in [2.24, 2.45) is 0 Å². The van der Waals surface area contributed by atoms with Crippen molar-refractivity contribution in [3.05, 3.63) is 59.4 Å². The summed E-state index contributed by atoms with van der Waals surface area (Å²) < 4.78 is 40.8. The van der Waals surface area contributed by atoms with E-state index in [-0.39, 0.29) is 11.8 Å². The molecule has 1 aromatic heterocycles.